The van der Waals surface area contributed by atoms with E-state index in [0.29, 0.717) is 0 Å². The Balaban J connectivity index is 1.70. The molecule has 0 atom stereocenters. The van der Waals surface area contributed by atoms with Crippen molar-refractivity contribution in [3.05, 3.63) is 133 Å². The van der Waals surface area contributed by atoms with Crippen LogP contribution in [0.15, 0.2) is 127 Å². The zero-order valence-electron chi connectivity index (χ0n) is 19.1. The van der Waals surface area contributed by atoms with Crippen molar-refractivity contribution in [3.8, 4) is 11.1 Å². The van der Waals surface area contributed by atoms with Crippen LogP contribution in [0, 0.1) is 6.92 Å². The molecule has 1 heterocycles. The molecule has 34 heavy (non-hydrogen) atoms. The maximum absolute atomic E-state index is 2.54. The van der Waals surface area contributed by atoms with Gasteiger partial charge in [-0.1, -0.05) is 121 Å². The quantitative estimate of drug-likeness (QED) is 0.236. The average Bonchev–Trinajstić information content (AvgIpc) is 3.19. The van der Waals surface area contributed by atoms with Gasteiger partial charge in [-0.25, -0.2) is 0 Å². The van der Waals surface area contributed by atoms with Gasteiger partial charge in [0.15, 0.2) is 8.07 Å². The van der Waals surface area contributed by atoms with Crippen LogP contribution in [0.25, 0.3) is 32.7 Å². The lowest BCUT2D eigenvalue weighted by atomic mass is 9.96. The number of hydrogen-bond acceptors (Lipinski definition) is 0. The molecule has 7 rings (SSSR count). The van der Waals surface area contributed by atoms with Gasteiger partial charge in [-0.3, -0.25) is 0 Å². The van der Waals surface area contributed by atoms with Crippen molar-refractivity contribution in [1.29, 1.82) is 0 Å². The van der Waals surface area contributed by atoms with Crippen molar-refractivity contribution in [2.45, 2.75) is 6.92 Å². The molecule has 0 unspecified atom stereocenters. The van der Waals surface area contributed by atoms with Crippen LogP contribution in [-0.4, -0.2) is 8.07 Å². The maximum Gasteiger partial charge on any atom is 0.180 e. The fraction of sp³-hybridized carbons (Fsp3) is 0.0303. The van der Waals surface area contributed by atoms with E-state index >= 15 is 0 Å². The third kappa shape index (κ3) is 2.53. The Labute approximate surface area is 201 Å². The third-order valence-electron chi connectivity index (χ3n) is 7.67. The first-order chi connectivity index (χ1) is 16.8. The first kappa shape index (κ1) is 19.5. The van der Waals surface area contributed by atoms with Crippen molar-refractivity contribution in [3.63, 3.8) is 0 Å². The Morgan fingerprint density at radius 2 is 1.12 bits per heavy atom. The lowest BCUT2D eigenvalue weighted by Crippen LogP contribution is -2.72. The van der Waals surface area contributed by atoms with Crippen molar-refractivity contribution < 1.29 is 0 Å². The molecule has 0 aromatic heterocycles. The van der Waals surface area contributed by atoms with Crippen LogP contribution in [0.4, 0.5) is 0 Å². The van der Waals surface area contributed by atoms with Crippen LogP contribution < -0.4 is 20.7 Å². The monoisotopic (exact) mass is 448 g/mol. The van der Waals surface area contributed by atoms with Crippen molar-refractivity contribution >= 4 is 50.4 Å². The molecule has 1 aliphatic heterocycles. The molecule has 160 valence electrons. The van der Waals surface area contributed by atoms with E-state index in [1.807, 2.05) is 0 Å². The summed E-state index contributed by atoms with van der Waals surface area (Å²) in [5.74, 6) is 0. The summed E-state index contributed by atoms with van der Waals surface area (Å²) in [6, 6.07) is 47.9. The molecule has 0 radical (unpaired) electrons. The molecule has 0 bridgehead atoms. The lowest BCUT2D eigenvalue weighted by molar-refractivity contribution is 1.54. The van der Waals surface area contributed by atoms with Crippen LogP contribution in [0.3, 0.4) is 0 Å². The summed E-state index contributed by atoms with van der Waals surface area (Å²) in [4.78, 5) is 0. The molecule has 6 aromatic carbocycles. The van der Waals surface area contributed by atoms with E-state index in [2.05, 4.69) is 134 Å². The number of fused-ring (bicyclic) bond motifs is 6. The van der Waals surface area contributed by atoms with E-state index in [1.54, 1.807) is 0 Å². The molecule has 0 aliphatic carbocycles. The second-order valence-corrected chi connectivity index (χ2v) is 13.1. The second-order valence-electron chi connectivity index (χ2n) is 9.38. The van der Waals surface area contributed by atoms with E-state index < -0.39 is 8.07 Å². The van der Waals surface area contributed by atoms with Crippen LogP contribution >= 0.6 is 0 Å². The van der Waals surface area contributed by atoms with Gasteiger partial charge in [0.1, 0.15) is 0 Å². The average molecular weight is 449 g/mol. The summed E-state index contributed by atoms with van der Waals surface area (Å²) < 4.78 is 0. The maximum atomic E-state index is 2.54. The zero-order chi connectivity index (χ0) is 22.7. The predicted molar refractivity (Wildman–Crippen MR) is 149 cm³/mol. The molecule has 1 heteroatoms. The van der Waals surface area contributed by atoms with Gasteiger partial charge in [0.25, 0.3) is 0 Å². The number of rotatable bonds is 2. The lowest BCUT2D eigenvalue weighted by Gasteiger charge is -2.31. The van der Waals surface area contributed by atoms with Gasteiger partial charge in [0.2, 0.25) is 0 Å². The number of hydrogen-bond donors (Lipinski definition) is 0. The summed E-state index contributed by atoms with van der Waals surface area (Å²) in [6.45, 7) is 2.21. The summed E-state index contributed by atoms with van der Waals surface area (Å²) in [6.07, 6.45) is 0. The van der Waals surface area contributed by atoms with Gasteiger partial charge in [-0.15, -0.1) is 0 Å². The van der Waals surface area contributed by atoms with E-state index in [0.717, 1.165) is 0 Å². The number of benzene rings is 6. The SMILES string of the molecule is Cc1cccc2c1ccc1cc3c(cc12)[Si](c1ccccc1)(c1ccccc1)c1ccccc1-3. The summed E-state index contributed by atoms with van der Waals surface area (Å²) >= 11 is 0. The fourth-order valence-corrected chi connectivity index (χ4v) is 11.4. The first-order valence-electron chi connectivity index (χ1n) is 12.0. The predicted octanol–water partition coefficient (Wildman–Crippen LogP) is 5.66. The molecule has 0 spiro atoms. The van der Waals surface area contributed by atoms with Crippen LogP contribution in [0.2, 0.25) is 0 Å². The molecular weight excluding hydrogens is 424 g/mol. The van der Waals surface area contributed by atoms with E-state index in [9.17, 15) is 0 Å². The Bertz CT molecular complexity index is 1660. The molecule has 1 aliphatic rings. The molecular formula is C33H24Si. The summed E-state index contributed by atoms with van der Waals surface area (Å²) in [7, 11) is -2.44. The minimum absolute atomic E-state index is 1.32. The minimum Gasteiger partial charge on any atom is -0.0623 e. The van der Waals surface area contributed by atoms with Crippen LogP contribution in [0.5, 0.6) is 0 Å². The topological polar surface area (TPSA) is 0 Å². The highest BCUT2D eigenvalue weighted by Gasteiger charge is 2.48. The fourth-order valence-electron chi connectivity index (χ4n) is 6.19. The third-order valence-corrected chi connectivity index (χ3v) is 12.5. The van der Waals surface area contributed by atoms with E-state index in [-0.39, 0.29) is 0 Å². The molecule has 6 aromatic rings. The molecule has 0 saturated heterocycles. The van der Waals surface area contributed by atoms with Gasteiger partial charge >= 0.3 is 0 Å². The van der Waals surface area contributed by atoms with Gasteiger partial charge in [-0.05, 0) is 72.0 Å². The normalized spacial score (nSPS) is 13.7. The first-order valence-corrected chi connectivity index (χ1v) is 14.0. The van der Waals surface area contributed by atoms with E-state index in [1.165, 1.54) is 59.0 Å². The van der Waals surface area contributed by atoms with Crippen LogP contribution in [0.1, 0.15) is 5.56 Å². The standard InChI is InChI=1S/C33H24Si/c1-23-11-10-17-28-27(23)20-19-24-21-31-29-16-8-9-18-32(29)34(33(31)22-30(24)28,25-12-4-2-5-13-25)26-14-6-3-7-15-26/h2-22H,1H3. The van der Waals surface area contributed by atoms with E-state index in [4.69, 9.17) is 0 Å². The van der Waals surface area contributed by atoms with Crippen LogP contribution in [-0.2, 0) is 0 Å². The Morgan fingerprint density at radius 3 is 1.85 bits per heavy atom. The molecule has 0 amide bonds. The molecule has 0 fully saturated rings. The molecule has 0 N–H and O–H groups in total. The molecule has 0 nitrogen and oxygen atoms in total. The number of aryl methyl sites for hydroxylation is 1. The van der Waals surface area contributed by atoms with Gasteiger partial charge in [0, 0.05) is 0 Å². The molecule has 0 saturated carbocycles. The smallest absolute Gasteiger partial charge is 0.0623 e. The highest BCUT2D eigenvalue weighted by Crippen LogP contribution is 2.34. The van der Waals surface area contributed by atoms with Gasteiger partial charge in [-0.2, -0.15) is 0 Å². The highest BCUT2D eigenvalue weighted by molar-refractivity contribution is 7.22. The Hall–Kier alpha value is -3.94. The zero-order valence-corrected chi connectivity index (χ0v) is 20.1. The summed E-state index contributed by atoms with van der Waals surface area (Å²) in [5, 5.41) is 11.3. The van der Waals surface area contributed by atoms with Crippen molar-refractivity contribution in [2.24, 2.45) is 0 Å². The minimum atomic E-state index is -2.44. The van der Waals surface area contributed by atoms with Gasteiger partial charge in [0.05, 0.1) is 0 Å². The summed E-state index contributed by atoms with van der Waals surface area (Å²) in [5.41, 5.74) is 4.12. The van der Waals surface area contributed by atoms with Crippen molar-refractivity contribution in [2.75, 3.05) is 0 Å². The largest absolute Gasteiger partial charge is 0.180 e. The van der Waals surface area contributed by atoms with Gasteiger partial charge < -0.3 is 0 Å². The highest BCUT2D eigenvalue weighted by atomic mass is 28.3. The second kappa shape index (κ2) is 7.28. The Kier molecular flexibility index (Phi) is 4.18. The Morgan fingerprint density at radius 1 is 0.441 bits per heavy atom. The van der Waals surface area contributed by atoms with Crippen molar-refractivity contribution in [1.82, 2.24) is 0 Å².